The predicted molar refractivity (Wildman–Crippen MR) is 160 cm³/mol. The lowest BCUT2D eigenvalue weighted by Crippen LogP contribution is -2.27. The third-order valence-electron chi connectivity index (χ3n) is 8.07. The number of methoxy groups -OCH3 is 1. The summed E-state index contributed by atoms with van der Waals surface area (Å²) in [5.74, 6) is 3.08. The van der Waals surface area contributed by atoms with Crippen molar-refractivity contribution in [3.63, 3.8) is 0 Å². The second kappa shape index (κ2) is 11.4. The highest BCUT2D eigenvalue weighted by molar-refractivity contribution is 5.85. The quantitative estimate of drug-likeness (QED) is 0.271. The highest BCUT2D eigenvalue weighted by Crippen LogP contribution is 2.33. The normalized spacial score (nSPS) is 17.7. The summed E-state index contributed by atoms with van der Waals surface area (Å²) < 4.78 is 15.5. The van der Waals surface area contributed by atoms with Gasteiger partial charge in [-0.25, -0.2) is 4.98 Å². The van der Waals surface area contributed by atoms with E-state index in [1.165, 1.54) is 5.69 Å². The topological polar surface area (TPSA) is 112 Å². The lowest BCUT2D eigenvalue weighted by atomic mass is 9.91. The van der Waals surface area contributed by atoms with Gasteiger partial charge in [0.25, 0.3) is 0 Å². The largest absolute Gasteiger partial charge is 0.456 e. The number of rotatable bonds is 11. The van der Waals surface area contributed by atoms with Gasteiger partial charge in [0.2, 0.25) is 5.95 Å². The first-order valence-electron chi connectivity index (χ1n) is 14.7. The lowest BCUT2D eigenvalue weighted by molar-refractivity contribution is -0.119. The maximum absolute atomic E-state index is 12.2. The van der Waals surface area contributed by atoms with E-state index in [0.29, 0.717) is 35.6 Å². The molecule has 2 aliphatic rings. The minimum Gasteiger partial charge on any atom is -0.456 e. The molecule has 0 radical (unpaired) electrons. The van der Waals surface area contributed by atoms with Crippen LogP contribution in [0.15, 0.2) is 36.7 Å². The molecule has 1 aliphatic carbocycles. The zero-order valence-electron chi connectivity index (χ0n) is 25.1. The molecule has 0 aromatic carbocycles. The van der Waals surface area contributed by atoms with Crippen molar-refractivity contribution in [3.8, 4) is 11.5 Å². The third kappa shape index (κ3) is 6.17. The van der Waals surface area contributed by atoms with Crippen LogP contribution in [0.5, 0.6) is 11.5 Å². The first-order chi connectivity index (χ1) is 20.2. The van der Waals surface area contributed by atoms with Gasteiger partial charge in [-0.15, -0.1) is 0 Å². The van der Waals surface area contributed by atoms with Crippen molar-refractivity contribution < 1.29 is 14.3 Å². The summed E-state index contributed by atoms with van der Waals surface area (Å²) in [4.78, 5) is 28.3. The molecule has 1 saturated carbocycles. The molecule has 1 saturated heterocycles. The van der Waals surface area contributed by atoms with Crippen LogP contribution in [0.4, 0.5) is 11.8 Å². The molecule has 1 N–H and O–H groups in total. The van der Waals surface area contributed by atoms with Gasteiger partial charge in [-0.1, -0.05) is 20.8 Å². The Hall–Kier alpha value is -3.83. The van der Waals surface area contributed by atoms with Gasteiger partial charge in [0.1, 0.15) is 17.3 Å². The molecular formula is C31H40N8O3. The number of nitrogens with one attached hydrogen (secondary N) is 1. The number of ether oxygens (including phenoxy) is 2. The molecular weight excluding hydrogens is 532 g/mol. The Morgan fingerprint density at radius 3 is 2.71 bits per heavy atom. The average molecular weight is 573 g/mol. The van der Waals surface area contributed by atoms with Crippen molar-refractivity contribution in [2.24, 2.45) is 13.0 Å². The fourth-order valence-electron chi connectivity index (χ4n) is 5.54. The Bertz CT molecular complexity index is 1580. The van der Waals surface area contributed by atoms with E-state index in [0.717, 1.165) is 62.5 Å². The smallest absolute Gasteiger partial charge is 0.210 e. The number of likely N-dealkylation sites (tertiary alicyclic amines) is 1. The molecule has 1 aliphatic heterocycles. The van der Waals surface area contributed by atoms with E-state index in [4.69, 9.17) is 19.6 Å². The van der Waals surface area contributed by atoms with Crippen LogP contribution in [-0.4, -0.2) is 73.3 Å². The Labute approximate surface area is 246 Å². The number of ketones is 1. The van der Waals surface area contributed by atoms with Gasteiger partial charge in [-0.05, 0) is 25.3 Å². The number of fused-ring (bicyclic) bond motifs is 1. The average Bonchev–Trinajstić information content (AvgIpc) is 3.42. The van der Waals surface area contributed by atoms with Crippen LogP contribution in [0.1, 0.15) is 57.5 Å². The Morgan fingerprint density at radius 2 is 1.95 bits per heavy atom. The zero-order valence-corrected chi connectivity index (χ0v) is 25.1. The first kappa shape index (κ1) is 28.3. The standard InChI is InChI=1S/C31H40N8O3/c1-31(2,3)27-17-28(36-39(27)22-9-11-38(19-22)12-13-41-5)34-30-35-29-25(37(30)4)16-24(18-33-29)42-23-8-10-32-21(14-23)15-26(40)20-6-7-20/h8,10,14,16-18,20,22H,6-7,9,11-13,15,19H2,1-5H3,(H,33,34,35,36)/t22-/m0/s1. The number of Topliss-reactive ketones (excluding diaryl/α,β-unsaturated/α-hetero) is 1. The molecule has 4 aromatic rings. The van der Waals surface area contributed by atoms with E-state index in [1.54, 1.807) is 25.6 Å². The number of imidazole rings is 1. The highest BCUT2D eigenvalue weighted by Gasteiger charge is 2.31. The van der Waals surface area contributed by atoms with Gasteiger partial charge in [-0.3, -0.25) is 19.4 Å². The molecule has 2 fully saturated rings. The number of aromatic nitrogens is 6. The second-order valence-electron chi connectivity index (χ2n) is 12.5. The number of hydrogen-bond acceptors (Lipinski definition) is 9. The fraction of sp³-hybridized carbons (Fsp3) is 0.516. The monoisotopic (exact) mass is 572 g/mol. The number of nitrogens with zero attached hydrogens (tertiary/aromatic N) is 7. The number of carbonyl (C=O) groups excluding carboxylic acids is 1. The Kier molecular flexibility index (Phi) is 7.71. The third-order valence-corrected chi connectivity index (χ3v) is 8.07. The van der Waals surface area contributed by atoms with E-state index >= 15 is 0 Å². The summed E-state index contributed by atoms with van der Waals surface area (Å²) in [6.45, 7) is 10.3. The van der Waals surface area contributed by atoms with Crippen molar-refractivity contribution >= 4 is 28.7 Å². The van der Waals surface area contributed by atoms with Gasteiger partial charge in [0, 0.05) is 81.6 Å². The molecule has 222 valence electrons. The van der Waals surface area contributed by atoms with Gasteiger partial charge >= 0.3 is 0 Å². The number of hydrogen-bond donors (Lipinski definition) is 1. The van der Waals surface area contributed by atoms with Crippen LogP contribution in [-0.2, 0) is 28.4 Å². The predicted octanol–water partition coefficient (Wildman–Crippen LogP) is 4.81. The molecule has 0 spiro atoms. The highest BCUT2D eigenvalue weighted by atomic mass is 16.5. The van der Waals surface area contributed by atoms with Crippen LogP contribution in [0.2, 0.25) is 0 Å². The Balaban J connectivity index is 1.20. The minimum atomic E-state index is -0.0644. The molecule has 42 heavy (non-hydrogen) atoms. The van der Waals surface area contributed by atoms with Crippen LogP contribution in [0.25, 0.3) is 11.2 Å². The van der Waals surface area contributed by atoms with Crippen LogP contribution in [0, 0.1) is 5.92 Å². The van der Waals surface area contributed by atoms with Crippen molar-refractivity contribution in [1.29, 1.82) is 0 Å². The molecule has 0 amide bonds. The van der Waals surface area contributed by atoms with Gasteiger partial charge in [0.15, 0.2) is 11.5 Å². The second-order valence-corrected chi connectivity index (χ2v) is 12.5. The number of pyridine rings is 2. The van der Waals surface area contributed by atoms with Gasteiger partial charge < -0.3 is 19.4 Å². The first-order valence-corrected chi connectivity index (χ1v) is 14.7. The molecule has 11 nitrogen and oxygen atoms in total. The molecule has 5 heterocycles. The van der Waals surface area contributed by atoms with E-state index < -0.39 is 0 Å². The van der Waals surface area contributed by atoms with Crippen molar-refractivity contribution in [1.82, 2.24) is 34.2 Å². The SMILES string of the molecule is COCCN1CC[C@H](n2nc(Nc3nc4ncc(Oc5ccnc(CC(=O)C6CC6)c5)cc4n3C)cc2C(C)(C)C)C1. The van der Waals surface area contributed by atoms with Crippen LogP contribution >= 0.6 is 0 Å². The van der Waals surface area contributed by atoms with E-state index in [-0.39, 0.29) is 17.1 Å². The molecule has 0 bridgehead atoms. The minimum absolute atomic E-state index is 0.0644. The summed E-state index contributed by atoms with van der Waals surface area (Å²) >= 11 is 0. The van der Waals surface area contributed by atoms with Gasteiger partial charge in [-0.2, -0.15) is 10.1 Å². The fourth-order valence-corrected chi connectivity index (χ4v) is 5.54. The van der Waals surface area contributed by atoms with Crippen LogP contribution in [0.3, 0.4) is 0 Å². The Morgan fingerprint density at radius 1 is 1.12 bits per heavy atom. The number of anilines is 2. The number of carbonyl (C=O) groups is 1. The van der Waals surface area contributed by atoms with E-state index in [2.05, 4.69) is 51.7 Å². The lowest BCUT2D eigenvalue weighted by Gasteiger charge is -2.23. The summed E-state index contributed by atoms with van der Waals surface area (Å²) in [5.41, 5.74) is 3.28. The van der Waals surface area contributed by atoms with Gasteiger partial charge in [0.05, 0.1) is 30.1 Å². The maximum atomic E-state index is 12.2. The van der Waals surface area contributed by atoms with Crippen LogP contribution < -0.4 is 10.1 Å². The van der Waals surface area contributed by atoms with Crippen molar-refractivity contribution in [2.45, 2.75) is 57.9 Å². The molecule has 1 atom stereocenters. The van der Waals surface area contributed by atoms with E-state index in [1.807, 2.05) is 23.7 Å². The number of aryl methyl sites for hydroxylation is 1. The van der Waals surface area contributed by atoms with E-state index in [9.17, 15) is 4.79 Å². The molecule has 6 rings (SSSR count). The molecule has 4 aromatic heterocycles. The maximum Gasteiger partial charge on any atom is 0.210 e. The molecule has 11 heteroatoms. The molecule has 0 unspecified atom stereocenters. The summed E-state index contributed by atoms with van der Waals surface area (Å²) in [7, 11) is 3.70. The van der Waals surface area contributed by atoms with Crippen molar-refractivity contribution in [2.75, 3.05) is 38.7 Å². The summed E-state index contributed by atoms with van der Waals surface area (Å²) in [6.07, 6.45) is 6.73. The van der Waals surface area contributed by atoms with Crippen molar-refractivity contribution in [3.05, 3.63) is 48.0 Å². The summed E-state index contributed by atoms with van der Waals surface area (Å²) in [5, 5.41) is 8.45. The summed E-state index contributed by atoms with van der Waals surface area (Å²) in [6, 6.07) is 7.98. The zero-order chi connectivity index (χ0) is 29.4.